The van der Waals surface area contributed by atoms with Gasteiger partial charge in [0, 0.05) is 24.5 Å². The Kier molecular flexibility index (Phi) is 4.24. The first-order chi connectivity index (χ1) is 9.33. The maximum atomic E-state index is 5.44. The van der Waals surface area contributed by atoms with Crippen LogP contribution in [0.2, 0.25) is 0 Å². The number of hydrogen-bond acceptors (Lipinski definition) is 3. The van der Waals surface area contributed by atoms with Crippen LogP contribution in [0.1, 0.15) is 44.8 Å². The molecule has 0 spiro atoms. The van der Waals surface area contributed by atoms with Crippen molar-refractivity contribution < 1.29 is 4.42 Å². The smallest absolute Gasteiger partial charge is 0.105 e. The average molecular weight is 262 g/mol. The van der Waals surface area contributed by atoms with Gasteiger partial charge in [0.15, 0.2) is 0 Å². The fourth-order valence-corrected chi connectivity index (χ4v) is 3.91. The Morgan fingerprint density at radius 3 is 3.05 bits per heavy atom. The van der Waals surface area contributed by atoms with Gasteiger partial charge in [-0.05, 0) is 57.2 Å². The van der Waals surface area contributed by atoms with Crippen LogP contribution in [0.3, 0.4) is 0 Å². The summed E-state index contributed by atoms with van der Waals surface area (Å²) < 4.78 is 5.44. The third-order valence-corrected chi connectivity index (χ3v) is 4.77. The molecule has 3 heteroatoms. The van der Waals surface area contributed by atoms with Gasteiger partial charge >= 0.3 is 0 Å². The Morgan fingerprint density at radius 1 is 1.37 bits per heavy atom. The molecule has 3 rings (SSSR count). The lowest BCUT2D eigenvalue weighted by Crippen LogP contribution is -2.45. The lowest BCUT2D eigenvalue weighted by molar-refractivity contribution is 0.297. The summed E-state index contributed by atoms with van der Waals surface area (Å²) in [6, 6.07) is 6.00. The van der Waals surface area contributed by atoms with Crippen molar-refractivity contribution in [3.05, 3.63) is 24.2 Å². The van der Waals surface area contributed by atoms with Crippen molar-refractivity contribution in [1.82, 2.24) is 10.6 Å². The molecule has 2 fully saturated rings. The standard InChI is InChI=1S/C16H26N2O/c1-12(11-13-5-4-10-19-13)18-16-7-2-6-14(16)15-8-3-9-17-15/h4-5,10,12,14-18H,2-3,6-9,11H2,1H3. The molecule has 1 saturated carbocycles. The maximum absolute atomic E-state index is 5.44. The van der Waals surface area contributed by atoms with Gasteiger partial charge in [-0.3, -0.25) is 0 Å². The molecule has 1 aromatic heterocycles. The molecular weight excluding hydrogens is 236 g/mol. The normalized spacial score (nSPS) is 32.8. The quantitative estimate of drug-likeness (QED) is 0.857. The van der Waals surface area contributed by atoms with Gasteiger partial charge in [0.05, 0.1) is 6.26 Å². The predicted octanol–water partition coefficient (Wildman–Crippen LogP) is 2.72. The largest absolute Gasteiger partial charge is 0.469 e. The maximum Gasteiger partial charge on any atom is 0.105 e. The zero-order chi connectivity index (χ0) is 13.1. The zero-order valence-corrected chi connectivity index (χ0v) is 11.9. The van der Waals surface area contributed by atoms with E-state index in [-0.39, 0.29) is 0 Å². The van der Waals surface area contributed by atoms with Gasteiger partial charge in [-0.25, -0.2) is 0 Å². The van der Waals surface area contributed by atoms with E-state index in [1.54, 1.807) is 6.26 Å². The summed E-state index contributed by atoms with van der Waals surface area (Å²) in [5.74, 6) is 1.93. The van der Waals surface area contributed by atoms with Crippen LogP contribution in [0.5, 0.6) is 0 Å². The summed E-state index contributed by atoms with van der Waals surface area (Å²) in [6.45, 7) is 3.50. The minimum Gasteiger partial charge on any atom is -0.469 e. The first-order valence-electron chi connectivity index (χ1n) is 7.85. The Labute approximate surface area is 116 Å². The lowest BCUT2D eigenvalue weighted by Gasteiger charge is -2.29. The number of nitrogens with one attached hydrogen (secondary N) is 2. The molecule has 19 heavy (non-hydrogen) atoms. The number of furan rings is 1. The van der Waals surface area contributed by atoms with Crippen LogP contribution < -0.4 is 10.6 Å². The Balaban J connectivity index is 1.52. The highest BCUT2D eigenvalue weighted by Crippen LogP contribution is 2.32. The summed E-state index contributed by atoms with van der Waals surface area (Å²) in [5.41, 5.74) is 0. The number of hydrogen-bond donors (Lipinski definition) is 2. The van der Waals surface area contributed by atoms with E-state index in [2.05, 4.69) is 23.6 Å². The van der Waals surface area contributed by atoms with Crippen molar-refractivity contribution in [3.63, 3.8) is 0 Å². The van der Waals surface area contributed by atoms with Crippen molar-refractivity contribution >= 4 is 0 Å². The third-order valence-electron chi connectivity index (χ3n) is 4.77. The first-order valence-corrected chi connectivity index (χ1v) is 7.85. The summed E-state index contributed by atoms with van der Waals surface area (Å²) in [5, 5.41) is 7.53. The fraction of sp³-hybridized carbons (Fsp3) is 0.750. The lowest BCUT2D eigenvalue weighted by atomic mass is 9.92. The summed E-state index contributed by atoms with van der Waals surface area (Å²) in [7, 11) is 0. The van der Waals surface area contributed by atoms with E-state index in [4.69, 9.17) is 4.42 Å². The SMILES string of the molecule is CC(Cc1ccco1)NC1CCCC1C1CCCN1. The van der Waals surface area contributed by atoms with Crippen LogP contribution in [-0.4, -0.2) is 24.7 Å². The van der Waals surface area contributed by atoms with Gasteiger partial charge < -0.3 is 15.1 Å². The van der Waals surface area contributed by atoms with E-state index in [9.17, 15) is 0 Å². The van der Waals surface area contributed by atoms with Gasteiger partial charge in [0.25, 0.3) is 0 Å². The molecule has 1 saturated heterocycles. The Hall–Kier alpha value is -0.800. The van der Waals surface area contributed by atoms with Gasteiger partial charge in [0.2, 0.25) is 0 Å². The van der Waals surface area contributed by atoms with Gasteiger partial charge in [0.1, 0.15) is 5.76 Å². The molecule has 0 amide bonds. The summed E-state index contributed by atoms with van der Waals surface area (Å²) >= 11 is 0. The van der Waals surface area contributed by atoms with Gasteiger partial charge in [-0.1, -0.05) is 6.42 Å². The molecule has 3 nitrogen and oxygen atoms in total. The molecule has 0 bridgehead atoms. The third kappa shape index (κ3) is 3.21. The van der Waals surface area contributed by atoms with Crippen LogP contribution in [0.25, 0.3) is 0 Å². The molecule has 2 N–H and O–H groups in total. The zero-order valence-electron chi connectivity index (χ0n) is 11.9. The molecular formula is C16H26N2O. The monoisotopic (exact) mass is 262 g/mol. The van der Waals surface area contributed by atoms with Crippen molar-refractivity contribution in [3.8, 4) is 0 Å². The highest BCUT2D eigenvalue weighted by molar-refractivity contribution is 5.01. The van der Waals surface area contributed by atoms with Crippen LogP contribution >= 0.6 is 0 Å². The molecule has 1 aromatic rings. The highest BCUT2D eigenvalue weighted by atomic mass is 16.3. The topological polar surface area (TPSA) is 37.2 Å². The fourth-order valence-electron chi connectivity index (χ4n) is 3.91. The second-order valence-corrected chi connectivity index (χ2v) is 6.26. The van der Waals surface area contributed by atoms with Crippen LogP contribution in [-0.2, 0) is 6.42 Å². The molecule has 2 heterocycles. The molecule has 0 radical (unpaired) electrons. The Bertz CT molecular complexity index is 370. The van der Waals surface area contributed by atoms with Crippen molar-refractivity contribution in [1.29, 1.82) is 0 Å². The van der Waals surface area contributed by atoms with Crippen molar-refractivity contribution in [2.45, 2.75) is 63.6 Å². The van der Waals surface area contributed by atoms with E-state index in [1.807, 2.05) is 6.07 Å². The molecule has 1 aliphatic carbocycles. The van der Waals surface area contributed by atoms with E-state index < -0.39 is 0 Å². The van der Waals surface area contributed by atoms with Crippen molar-refractivity contribution in [2.24, 2.45) is 5.92 Å². The molecule has 1 aliphatic heterocycles. The van der Waals surface area contributed by atoms with Crippen LogP contribution in [0.4, 0.5) is 0 Å². The van der Waals surface area contributed by atoms with E-state index in [0.29, 0.717) is 12.1 Å². The highest BCUT2D eigenvalue weighted by Gasteiger charge is 2.35. The average Bonchev–Trinajstić information content (AvgIpc) is 3.09. The first kappa shape index (κ1) is 13.2. The second kappa shape index (κ2) is 6.10. The van der Waals surface area contributed by atoms with Crippen LogP contribution in [0, 0.1) is 5.92 Å². The predicted molar refractivity (Wildman–Crippen MR) is 77.2 cm³/mol. The van der Waals surface area contributed by atoms with Gasteiger partial charge in [-0.2, -0.15) is 0 Å². The molecule has 4 unspecified atom stereocenters. The molecule has 0 aromatic carbocycles. The molecule has 4 atom stereocenters. The summed E-state index contributed by atoms with van der Waals surface area (Å²) in [6.07, 6.45) is 9.60. The van der Waals surface area contributed by atoms with E-state index in [1.165, 1.54) is 38.6 Å². The van der Waals surface area contributed by atoms with E-state index in [0.717, 1.165) is 24.1 Å². The molecule has 106 valence electrons. The van der Waals surface area contributed by atoms with Crippen LogP contribution in [0.15, 0.2) is 22.8 Å². The van der Waals surface area contributed by atoms with E-state index >= 15 is 0 Å². The Morgan fingerprint density at radius 2 is 2.32 bits per heavy atom. The minimum atomic E-state index is 0.498. The minimum absolute atomic E-state index is 0.498. The second-order valence-electron chi connectivity index (χ2n) is 6.26. The summed E-state index contributed by atoms with van der Waals surface area (Å²) in [4.78, 5) is 0. The van der Waals surface area contributed by atoms with Gasteiger partial charge in [-0.15, -0.1) is 0 Å². The number of rotatable bonds is 5. The molecule has 2 aliphatic rings. The van der Waals surface area contributed by atoms with Crippen molar-refractivity contribution in [2.75, 3.05) is 6.54 Å².